The summed E-state index contributed by atoms with van der Waals surface area (Å²) in [4.78, 5) is 11.1. The molecule has 2 N–H and O–H groups in total. The van der Waals surface area contributed by atoms with Crippen LogP contribution in [0.15, 0.2) is 42.5 Å². The Labute approximate surface area is 204 Å². The molecule has 0 radical (unpaired) electrons. The zero-order valence-electron chi connectivity index (χ0n) is 19.1. The van der Waals surface area contributed by atoms with Gasteiger partial charge in [-0.15, -0.1) is 0 Å². The first-order valence-electron chi connectivity index (χ1n) is 11.3. The molecule has 0 saturated carbocycles. The van der Waals surface area contributed by atoms with Crippen molar-refractivity contribution in [2.75, 3.05) is 6.61 Å². The van der Waals surface area contributed by atoms with Gasteiger partial charge in [-0.25, -0.2) is 0 Å². The average molecular weight is 492 g/mol. The number of aliphatic hydroxyl groups is 1. The Morgan fingerprint density at radius 2 is 1.91 bits per heavy atom. The molecule has 1 unspecified atom stereocenters. The average Bonchev–Trinajstić information content (AvgIpc) is 3.03. The first kappa shape index (κ1) is 25.6. The highest BCUT2D eigenvalue weighted by molar-refractivity contribution is 6.35. The predicted octanol–water partition coefficient (Wildman–Crippen LogP) is 6.56. The highest BCUT2D eigenvalue weighted by Crippen LogP contribution is 2.38. The van der Waals surface area contributed by atoms with Crippen LogP contribution in [-0.4, -0.2) is 27.4 Å². The highest BCUT2D eigenvalue weighted by atomic mass is 35.5. The van der Waals surface area contributed by atoms with Crippen molar-refractivity contribution in [3.63, 3.8) is 0 Å². The molecule has 0 aliphatic rings. The third-order valence-electron chi connectivity index (χ3n) is 5.93. The first-order valence-corrected chi connectivity index (χ1v) is 12.0. The van der Waals surface area contributed by atoms with Gasteiger partial charge in [0.15, 0.2) is 0 Å². The second-order valence-corrected chi connectivity index (χ2v) is 9.49. The number of fused-ring (bicyclic) bond motifs is 1. The minimum absolute atomic E-state index is 0.0227. The lowest BCUT2D eigenvalue weighted by atomic mass is 9.93. The minimum atomic E-state index is -0.858. The molecule has 178 valence electrons. The number of rotatable bonds is 12. The normalized spacial score (nSPS) is 13.4. The molecule has 2 aromatic carbocycles. The van der Waals surface area contributed by atoms with Gasteiger partial charge in [0.25, 0.3) is 0 Å². The number of aryl methyl sites for hydroxylation is 1. The number of nitrogens with zero attached hydrogens (tertiary/aromatic N) is 1. The fourth-order valence-electron chi connectivity index (χ4n) is 4.38. The third kappa shape index (κ3) is 6.73. The van der Waals surface area contributed by atoms with Crippen LogP contribution in [0.1, 0.15) is 55.5 Å². The second kappa shape index (κ2) is 11.9. The van der Waals surface area contributed by atoms with Gasteiger partial charge in [-0.3, -0.25) is 4.79 Å². The summed E-state index contributed by atoms with van der Waals surface area (Å²) in [5.74, 6) is -1.01. The lowest BCUT2D eigenvalue weighted by Crippen LogP contribution is -2.11. The number of aliphatic hydroxyl groups excluding tert-OH is 1. The third-order valence-corrected chi connectivity index (χ3v) is 6.48. The molecular formula is C26H31Cl2NO4. The molecule has 0 bridgehead atoms. The lowest BCUT2D eigenvalue weighted by molar-refractivity contribution is -0.138. The van der Waals surface area contributed by atoms with E-state index in [9.17, 15) is 9.90 Å². The van der Waals surface area contributed by atoms with Gasteiger partial charge in [0.05, 0.1) is 17.7 Å². The Balaban J connectivity index is 1.68. The number of hydrogen-bond donors (Lipinski definition) is 2. The number of benzene rings is 2. The smallest absolute Gasteiger partial charge is 0.303 e. The SMILES string of the molecule is C[C@H](CC(=O)O)CC(O)c1c(CCCCOCc2cccc(Cl)c2)n(C)c2cccc(Cl)c12. The van der Waals surface area contributed by atoms with Crippen molar-refractivity contribution in [1.29, 1.82) is 0 Å². The van der Waals surface area contributed by atoms with Gasteiger partial charge >= 0.3 is 5.97 Å². The second-order valence-electron chi connectivity index (χ2n) is 8.65. The molecule has 0 aliphatic heterocycles. The Morgan fingerprint density at radius 1 is 1.15 bits per heavy atom. The molecule has 1 aromatic heterocycles. The van der Waals surface area contributed by atoms with E-state index >= 15 is 0 Å². The first-order chi connectivity index (χ1) is 15.8. The molecule has 33 heavy (non-hydrogen) atoms. The zero-order valence-corrected chi connectivity index (χ0v) is 20.6. The van der Waals surface area contributed by atoms with Crippen LogP contribution in [0.2, 0.25) is 10.0 Å². The van der Waals surface area contributed by atoms with E-state index in [-0.39, 0.29) is 12.3 Å². The van der Waals surface area contributed by atoms with E-state index in [1.54, 1.807) is 0 Å². The van der Waals surface area contributed by atoms with E-state index in [0.717, 1.165) is 47.0 Å². The number of aliphatic carboxylic acids is 1. The quantitative estimate of drug-likeness (QED) is 0.281. The number of carboxylic acid groups (broad SMARTS) is 1. The molecule has 0 aliphatic carbocycles. The lowest BCUT2D eigenvalue weighted by Gasteiger charge is -2.18. The van der Waals surface area contributed by atoms with Crippen molar-refractivity contribution in [2.45, 2.75) is 51.7 Å². The van der Waals surface area contributed by atoms with Crippen molar-refractivity contribution in [1.82, 2.24) is 4.57 Å². The van der Waals surface area contributed by atoms with Crippen LogP contribution in [0.25, 0.3) is 10.9 Å². The number of carbonyl (C=O) groups is 1. The van der Waals surface area contributed by atoms with Crippen molar-refractivity contribution >= 4 is 40.1 Å². The van der Waals surface area contributed by atoms with Gasteiger partial charge in [-0.05, 0) is 61.4 Å². The molecule has 0 fully saturated rings. The number of halogens is 2. The van der Waals surface area contributed by atoms with Crippen molar-refractivity contribution in [2.24, 2.45) is 13.0 Å². The van der Waals surface area contributed by atoms with Gasteiger partial charge in [0, 0.05) is 47.3 Å². The van der Waals surface area contributed by atoms with E-state index in [0.29, 0.717) is 29.7 Å². The van der Waals surface area contributed by atoms with Crippen LogP contribution < -0.4 is 0 Å². The summed E-state index contributed by atoms with van der Waals surface area (Å²) in [6.07, 6.45) is 2.14. The molecule has 1 heterocycles. The fourth-order valence-corrected chi connectivity index (χ4v) is 4.87. The Hall–Kier alpha value is -2.05. The number of unbranched alkanes of at least 4 members (excludes halogenated alkanes) is 1. The standard InChI is InChI=1S/C26H31Cl2NO4/c1-17(14-24(31)32)13-23(30)26-22(29(2)21-11-6-9-20(28)25(21)26)10-3-4-12-33-16-18-7-5-8-19(27)15-18/h5-9,11,15,17,23,30H,3-4,10,12-14,16H2,1-2H3,(H,31,32)/t17-,23?/m0/s1. The summed E-state index contributed by atoms with van der Waals surface area (Å²) in [6.45, 7) is 3.00. The summed E-state index contributed by atoms with van der Waals surface area (Å²) in [5, 5.41) is 22.3. The molecule has 2 atom stereocenters. The largest absolute Gasteiger partial charge is 0.481 e. The molecule has 5 nitrogen and oxygen atoms in total. The monoisotopic (exact) mass is 491 g/mol. The predicted molar refractivity (Wildman–Crippen MR) is 133 cm³/mol. The topological polar surface area (TPSA) is 71.7 Å². The minimum Gasteiger partial charge on any atom is -0.481 e. The summed E-state index contributed by atoms with van der Waals surface area (Å²) in [5.41, 5.74) is 3.86. The van der Waals surface area contributed by atoms with Gasteiger partial charge < -0.3 is 19.5 Å². The van der Waals surface area contributed by atoms with E-state index in [2.05, 4.69) is 4.57 Å². The summed E-state index contributed by atoms with van der Waals surface area (Å²) < 4.78 is 7.89. The summed E-state index contributed by atoms with van der Waals surface area (Å²) >= 11 is 12.6. The number of ether oxygens (including phenoxy) is 1. The van der Waals surface area contributed by atoms with Crippen LogP contribution in [-0.2, 0) is 29.6 Å². The Bertz CT molecular complexity index is 1100. The number of aromatic nitrogens is 1. The van der Waals surface area contributed by atoms with Crippen molar-refractivity contribution < 1.29 is 19.7 Å². The maximum absolute atomic E-state index is 11.1. The van der Waals surface area contributed by atoms with Crippen LogP contribution >= 0.6 is 23.2 Å². The van der Waals surface area contributed by atoms with Crippen LogP contribution in [0.4, 0.5) is 0 Å². The van der Waals surface area contributed by atoms with Crippen LogP contribution in [0.3, 0.4) is 0 Å². The number of hydrogen-bond acceptors (Lipinski definition) is 3. The zero-order chi connectivity index (χ0) is 24.0. The highest BCUT2D eigenvalue weighted by Gasteiger charge is 2.24. The summed E-state index contributed by atoms with van der Waals surface area (Å²) in [7, 11) is 1.99. The van der Waals surface area contributed by atoms with E-state index < -0.39 is 12.1 Å². The van der Waals surface area contributed by atoms with Gasteiger partial charge in [-0.2, -0.15) is 0 Å². The van der Waals surface area contributed by atoms with Crippen LogP contribution in [0, 0.1) is 5.92 Å². The maximum Gasteiger partial charge on any atom is 0.303 e. The van der Waals surface area contributed by atoms with E-state index in [1.807, 2.05) is 56.4 Å². The molecular weight excluding hydrogens is 461 g/mol. The molecule has 0 spiro atoms. The molecule has 0 amide bonds. The Morgan fingerprint density at radius 3 is 2.64 bits per heavy atom. The van der Waals surface area contributed by atoms with E-state index in [1.165, 1.54) is 0 Å². The van der Waals surface area contributed by atoms with Gasteiger partial charge in [0.2, 0.25) is 0 Å². The van der Waals surface area contributed by atoms with Gasteiger partial charge in [0.1, 0.15) is 0 Å². The Kier molecular flexibility index (Phi) is 9.21. The fraction of sp³-hybridized carbons (Fsp3) is 0.423. The molecule has 0 saturated heterocycles. The van der Waals surface area contributed by atoms with Crippen LogP contribution in [0.5, 0.6) is 0 Å². The maximum atomic E-state index is 11.1. The molecule has 3 rings (SSSR count). The number of carboxylic acids is 1. The van der Waals surface area contributed by atoms with E-state index in [4.69, 9.17) is 33.0 Å². The van der Waals surface area contributed by atoms with Crippen molar-refractivity contribution in [3.05, 3.63) is 69.3 Å². The molecule has 7 heteroatoms. The molecule has 3 aromatic rings. The summed E-state index contributed by atoms with van der Waals surface area (Å²) in [6, 6.07) is 13.4. The van der Waals surface area contributed by atoms with Crippen molar-refractivity contribution in [3.8, 4) is 0 Å². The van der Waals surface area contributed by atoms with Gasteiger partial charge in [-0.1, -0.05) is 48.3 Å².